The molecule has 0 unspecified atom stereocenters. The number of amides is 2. The second-order valence-electron chi connectivity index (χ2n) is 6.17. The third-order valence-electron chi connectivity index (χ3n) is 4.48. The zero-order valence-electron chi connectivity index (χ0n) is 15.1. The summed E-state index contributed by atoms with van der Waals surface area (Å²) in [6.45, 7) is 2.32. The summed E-state index contributed by atoms with van der Waals surface area (Å²) in [5, 5.41) is 2.77. The lowest BCUT2D eigenvalue weighted by Gasteiger charge is -2.22. The summed E-state index contributed by atoms with van der Waals surface area (Å²) in [6.07, 6.45) is 0.829. The molecule has 0 radical (unpaired) electrons. The average Bonchev–Trinajstić information content (AvgIpc) is 3.10. The molecule has 0 aliphatic carbocycles. The quantitative estimate of drug-likeness (QED) is 0.895. The van der Waals surface area contributed by atoms with Gasteiger partial charge < -0.3 is 19.7 Å². The van der Waals surface area contributed by atoms with Gasteiger partial charge in [0.1, 0.15) is 17.5 Å². The zero-order valence-corrected chi connectivity index (χ0v) is 15.1. The van der Waals surface area contributed by atoms with Gasteiger partial charge in [0.15, 0.2) is 0 Å². The molecule has 0 aromatic heterocycles. The summed E-state index contributed by atoms with van der Waals surface area (Å²) in [7, 11) is 3.04. The van der Waals surface area contributed by atoms with Gasteiger partial charge in [-0.25, -0.2) is 0 Å². The first-order valence-corrected chi connectivity index (χ1v) is 8.46. The van der Waals surface area contributed by atoms with E-state index in [1.807, 2.05) is 24.3 Å². The maximum absolute atomic E-state index is 12.8. The van der Waals surface area contributed by atoms with Gasteiger partial charge in [0.2, 0.25) is 5.91 Å². The second-order valence-corrected chi connectivity index (χ2v) is 6.17. The van der Waals surface area contributed by atoms with Crippen molar-refractivity contribution in [1.29, 1.82) is 0 Å². The lowest BCUT2D eigenvalue weighted by molar-refractivity contribution is -0.119. The minimum absolute atomic E-state index is 0.127. The van der Waals surface area contributed by atoms with E-state index < -0.39 is 6.04 Å². The van der Waals surface area contributed by atoms with Gasteiger partial charge in [-0.2, -0.15) is 0 Å². The molecule has 3 rings (SSSR count). The molecule has 0 bridgehead atoms. The number of para-hydroxylation sites is 1. The van der Waals surface area contributed by atoms with Gasteiger partial charge in [0.05, 0.1) is 14.2 Å². The Labute approximate surface area is 152 Å². The van der Waals surface area contributed by atoms with E-state index in [0.29, 0.717) is 23.6 Å². The second kappa shape index (κ2) is 7.47. The molecular formula is C20H22N2O4. The number of hydrogen-bond donors (Lipinski definition) is 1. The van der Waals surface area contributed by atoms with Crippen LogP contribution in [0.4, 0.5) is 5.69 Å². The molecule has 1 N–H and O–H groups in total. The highest BCUT2D eigenvalue weighted by Crippen LogP contribution is 2.28. The molecule has 136 valence electrons. The summed E-state index contributed by atoms with van der Waals surface area (Å²) >= 11 is 0. The van der Waals surface area contributed by atoms with Crippen molar-refractivity contribution in [2.75, 3.05) is 25.7 Å². The fourth-order valence-electron chi connectivity index (χ4n) is 3.08. The number of nitrogens with zero attached hydrogens (tertiary/aromatic N) is 1. The predicted octanol–water partition coefficient (Wildman–Crippen LogP) is 2.41. The normalized spacial score (nSPS) is 13.7. The van der Waals surface area contributed by atoms with E-state index in [4.69, 9.17) is 9.47 Å². The lowest BCUT2D eigenvalue weighted by Crippen LogP contribution is -2.46. The van der Waals surface area contributed by atoms with Crippen molar-refractivity contribution in [2.24, 2.45) is 0 Å². The molecule has 6 nitrogen and oxygen atoms in total. The van der Waals surface area contributed by atoms with Crippen molar-refractivity contribution in [3.05, 3.63) is 53.6 Å². The fraction of sp³-hybridized carbons (Fsp3) is 0.300. The SMILES string of the molecule is COc1cc(OC)cc(C(=O)N[C@@H](C)C(=O)N2CCc3ccccc32)c1. The van der Waals surface area contributed by atoms with Crippen LogP contribution in [0.5, 0.6) is 11.5 Å². The molecule has 2 amide bonds. The molecule has 0 saturated heterocycles. The standard InChI is InChI=1S/C20H22N2O4/c1-13(20(24)22-9-8-14-6-4-5-7-18(14)22)21-19(23)15-10-16(25-2)12-17(11-15)26-3/h4-7,10-13H,8-9H2,1-3H3,(H,21,23)/t13-/m0/s1. The molecule has 6 heteroatoms. The van der Waals surface area contributed by atoms with Crippen LogP contribution in [-0.4, -0.2) is 38.6 Å². The van der Waals surface area contributed by atoms with Crippen molar-refractivity contribution in [3.8, 4) is 11.5 Å². The monoisotopic (exact) mass is 354 g/mol. The number of nitrogens with one attached hydrogen (secondary N) is 1. The lowest BCUT2D eigenvalue weighted by atomic mass is 10.1. The number of benzene rings is 2. The Morgan fingerprint density at radius 2 is 1.73 bits per heavy atom. The van der Waals surface area contributed by atoms with Gasteiger partial charge in [-0.1, -0.05) is 18.2 Å². The number of methoxy groups -OCH3 is 2. The van der Waals surface area contributed by atoms with Crippen LogP contribution >= 0.6 is 0 Å². The number of fused-ring (bicyclic) bond motifs is 1. The number of rotatable bonds is 5. The number of carbonyl (C=O) groups is 2. The van der Waals surface area contributed by atoms with Crippen LogP contribution in [0.25, 0.3) is 0 Å². The van der Waals surface area contributed by atoms with E-state index in [1.165, 1.54) is 14.2 Å². The summed E-state index contributed by atoms with van der Waals surface area (Å²) in [6, 6.07) is 12.1. The highest BCUT2D eigenvalue weighted by atomic mass is 16.5. The molecule has 2 aromatic carbocycles. The Kier molecular flexibility index (Phi) is 5.11. The van der Waals surface area contributed by atoms with Crippen molar-refractivity contribution in [3.63, 3.8) is 0 Å². The van der Waals surface area contributed by atoms with Crippen LogP contribution in [0.3, 0.4) is 0 Å². The third kappa shape index (κ3) is 3.49. The van der Waals surface area contributed by atoms with Gasteiger partial charge in [0, 0.05) is 23.9 Å². The molecule has 26 heavy (non-hydrogen) atoms. The summed E-state index contributed by atoms with van der Waals surface area (Å²) in [5.74, 6) is 0.553. The molecule has 1 aliphatic heterocycles. The number of ether oxygens (including phenoxy) is 2. The van der Waals surface area contributed by atoms with Gasteiger partial charge >= 0.3 is 0 Å². The maximum Gasteiger partial charge on any atom is 0.252 e. The summed E-state index contributed by atoms with van der Waals surface area (Å²) < 4.78 is 10.4. The third-order valence-corrected chi connectivity index (χ3v) is 4.48. The number of anilines is 1. The first kappa shape index (κ1) is 17.8. The Morgan fingerprint density at radius 1 is 1.08 bits per heavy atom. The van der Waals surface area contributed by atoms with Crippen molar-refractivity contribution in [2.45, 2.75) is 19.4 Å². The van der Waals surface area contributed by atoms with Gasteiger partial charge in [-0.3, -0.25) is 9.59 Å². The maximum atomic E-state index is 12.8. The van der Waals surface area contributed by atoms with Crippen molar-refractivity contribution >= 4 is 17.5 Å². The van der Waals surface area contributed by atoms with Crippen LogP contribution < -0.4 is 19.7 Å². The first-order chi connectivity index (χ1) is 12.5. The van der Waals surface area contributed by atoms with Crippen molar-refractivity contribution in [1.82, 2.24) is 5.32 Å². The number of carbonyl (C=O) groups excluding carboxylic acids is 2. The summed E-state index contributed by atoms with van der Waals surface area (Å²) in [4.78, 5) is 27.1. The van der Waals surface area contributed by atoms with E-state index in [9.17, 15) is 9.59 Å². The molecular weight excluding hydrogens is 332 g/mol. The highest BCUT2D eigenvalue weighted by molar-refractivity contribution is 6.03. The van der Waals surface area contributed by atoms with Gasteiger partial charge in [0.25, 0.3) is 5.91 Å². The Morgan fingerprint density at radius 3 is 2.38 bits per heavy atom. The van der Waals surface area contributed by atoms with E-state index in [2.05, 4.69) is 5.32 Å². The van der Waals surface area contributed by atoms with E-state index in [0.717, 1.165) is 17.7 Å². The van der Waals surface area contributed by atoms with Gasteiger partial charge in [-0.15, -0.1) is 0 Å². The van der Waals surface area contributed by atoms with Crippen molar-refractivity contribution < 1.29 is 19.1 Å². The van der Waals surface area contributed by atoms with E-state index >= 15 is 0 Å². The minimum Gasteiger partial charge on any atom is -0.497 e. The molecule has 1 aliphatic rings. The van der Waals surface area contributed by atoms with Crippen LogP contribution in [0.2, 0.25) is 0 Å². The zero-order chi connectivity index (χ0) is 18.7. The smallest absolute Gasteiger partial charge is 0.252 e. The van der Waals surface area contributed by atoms with Crippen LogP contribution in [-0.2, 0) is 11.2 Å². The first-order valence-electron chi connectivity index (χ1n) is 8.46. The average molecular weight is 354 g/mol. The Balaban J connectivity index is 1.73. The predicted molar refractivity (Wildman–Crippen MR) is 99.0 cm³/mol. The number of hydrogen-bond acceptors (Lipinski definition) is 4. The fourth-order valence-corrected chi connectivity index (χ4v) is 3.08. The van der Waals surface area contributed by atoms with Crippen LogP contribution in [0.1, 0.15) is 22.8 Å². The minimum atomic E-state index is -0.647. The molecule has 1 atom stereocenters. The molecule has 0 fully saturated rings. The molecule has 0 saturated carbocycles. The molecule has 0 spiro atoms. The summed E-state index contributed by atoms with van der Waals surface area (Å²) in [5.41, 5.74) is 2.45. The van der Waals surface area contributed by atoms with Crippen LogP contribution in [0.15, 0.2) is 42.5 Å². The largest absolute Gasteiger partial charge is 0.497 e. The Bertz CT molecular complexity index is 812. The van der Waals surface area contributed by atoms with E-state index in [1.54, 1.807) is 30.0 Å². The highest BCUT2D eigenvalue weighted by Gasteiger charge is 2.28. The topological polar surface area (TPSA) is 67.9 Å². The van der Waals surface area contributed by atoms with Gasteiger partial charge in [-0.05, 0) is 37.1 Å². The van der Waals surface area contributed by atoms with E-state index in [-0.39, 0.29) is 11.8 Å². The Hall–Kier alpha value is -3.02. The molecule has 2 aromatic rings. The molecule has 1 heterocycles. The van der Waals surface area contributed by atoms with Crippen LogP contribution in [0, 0.1) is 0 Å².